The van der Waals surface area contributed by atoms with Crippen molar-refractivity contribution in [2.45, 2.75) is 167 Å². The van der Waals surface area contributed by atoms with Crippen LogP contribution in [-0.2, 0) is 44.6 Å². The number of benzene rings is 1. The molecule has 12 atom stereocenters. The van der Waals surface area contributed by atoms with E-state index in [0.717, 1.165) is 12.5 Å². The molecule has 3 heterocycles. The molecule has 61 heavy (non-hydrogen) atoms. The number of ether oxygens (including phenoxy) is 5. The zero-order valence-electron chi connectivity index (χ0n) is 38.1. The van der Waals surface area contributed by atoms with Crippen molar-refractivity contribution in [3.63, 3.8) is 0 Å². The Hall–Kier alpha value is -4.03. The lowest BCUT2D eigenvalue weighted by molar-refractivity contribution is -0.277. The van der Waals surface area contributed by atoms with Gasteiger partial charge in [-0.25, -0.2) is 14.0 Å². The van der Waals surface area contributed by atoms with Crippen LogP contribution in [0, 0.1) is 11.8 Å². The first kappa shape index (κ1) is 49.6. The minimum absolute atomic E-state index is 0.00514. The maximum atomic E-state index is 16.8. The molecule has 2 aliphatic heterocycles. The maximum absolute atomic E-state index is 16.8. The van der Waals surface area contributed by atoms with E-state index in [0.29, 0.717) is 43.7 Å². The molecule has 1 aromatic carbocycles. The van der Waals surface area contributed by atoms with Crippen LogP contribution in [0.5, 0.6) is 0 Å². The monoisotopic (exact) mass is 861 g/mol. The van der Waals surface area contributed by atoms with Crippen molar-refractivity contribution in [2.24, 2.45) is 11.8 Å². The predicted molar refractivity (Wildman–Crippen MR) is 226 cm³/mol. The van der Waals surface area contributed by atoms with Crippen LogP contribution in [0.3, 0.4) is 0 Å². The van der Waals surface area contributed by atoms with Crippen molar-refractivity contribution in [3.8, 4) is 11.3 Å². The molecule has 2 aromatic rings. The number of aliphatic hydroxyl groups excluding tert-OH is 1. The number of carbonyl (C=O) groups is 4. The number of aromatic nitrogens is 3. The van der Waals surface area contributed by atoms with Crippen molar-refractivity contribution in [3.05, 3.63) is 30.5 Å². The maximum Gasteiger partial charge on any atom is 0.410 e. The van der Waals surface area contributed by atoms with Crippen LogP contribution in [0.2, 0.25) is 0 Å². The lowest BCUT2D eigenvalue weighted by Crippen LogP contribution is -2.57. The second-order valence-electron chi connectivity index (χ2n) is 17.9. The Kier molecular flexibility index (Phi) is 16.6. The quantitative estimate of drug-likeness (QED) is 0.0662. The molecule has 17 heteroatoms. The fraction of sp³-hybridized carbons (Fsp3) is 0.727. The Morgan fingerprint density at radius 1 is 1.15 bits per heavy atom. The Morgan fingerprint density at radius 3 is 2.43 bits per heavy atom. The fourth-order valence-corrected chi connectivity index (χ4v) is 8.39. The van der Waals surface area contributed by atoms with Crippen LogP contribution < -0.4 is 5.73 Å². The number of likely N-dealkylation sites (N-methyl/N-ethyl adjacent to an activating group) is 1. The van der Waals surface area contributed by atoms with Gasteiger partial charge in [0.15, 0.2) is 17.7 Å². The molecule has 0 aliphatic carbocycles. The molecule has 2 aliphatic rings. The van der Waals surface area contributed by atoms with E-state index in [1.807, 2.05) is 50.3 Å². The SMILES string of the molecule is CC[C@@H](OC(=O)[C@@](C)(F)C(=O)C(C)[C@H](C[C@](C)(C[C@@H](C)C(C)=O)OC)O[C@H]1O[C@H](C)C[C@H](N(C)C)C1O)[C@@]1(C)OC(=O)N(CCCCn2cc(-c3cccc(N)c3)nn2)C1C. The number of aliphatic hydroxyl groups is 1. The number of halogens is 1. The summed E-state index contributed by atoms with van der Waals surface area (Å²) < 4.78 is 48.5. The number of amides is 1. The highest BCUT2D eigenvalue weighted by Crippen LogP contribution is 2.38. The van der Waals surface area contributed by atoms with Crippen molar-refractivity contribution >= 4 is 29.3 Å². The Labute approximate surface area is 359 Å². The third-order valence-corrected chi connectivity index (χ3v) is 12.8. The zero-order valence-corrected chi connectivity index (χ0v) is 38.1. The highest BCUT2D eigenvalue weighted by Gasteiger charge is 2.56. The number of nitrogens with zero attached hydrogens (tertiary/aromatic N) is 5. The molecule has 3 N–H and O–H groups in total. The number of esters is 1. The molecule has 4 rings (SSSR count). The lowest BCUT2D eigenvalue weighted by atomic mass is 9.80. The number of cyclic esters (lactones) is 1. The summed E-state index contributed by atoms with van der Waals surface area (Å²) >= 11 is 0. The van der Waals surface area contributed by atoms with E-state index in [9.17, 15) is 24.3 Å². The predicted octanol–water partition coefficient (Wildman–Crippen LogP) is 5.38. The summed E-state index contributed by atoms with van der Waals surface area (Å²) in [5, 5.41) is 19.8. The van der Waals surface area contributed by atoms with Crippen LogP contribution in [0.15, 0.2) is 30.5 Å². The van der Waals surface area contributed by atoms with E-state index < -0.39 is 77.2 Å². The van der Waals surface area contributed by atoms with E-state index in [2.05, 4.69) is 10.3 Å². The fourth-order valence-electron chi connectivity index (χ4n) is 8.39. The van der Waals surface area contributed by atoms with E-state index in [4.69, 9.17) is 29.4 Å². The molecule has 0 spiro atoms. The average Bonchev–Trinajstić information content (AvgIpc) is 3.76. The third kappa shape index (κ3) is 11.7. The second-order valence-corrected chi connectivity index (χ2v) is 17.9. The normalized spacial score (nSPS) is 27.1. The number of aryl methyl sites for hydroxylation is 1. The summed E-state index contributed by atoms with van der Waals surface area (Å²) in [5.41, 5.74) is 2.53. The van der Waals surface area contributed by atoms with Crippen molar-refractivity contribution < 1.29 is 52.4 Å². The van der Waals surface area contributed by atoms with Gasteiger partial charge < -0.3 is 44.3 Å². The minimum Gasteiger partial charge on any atom is -0.455 e. The summed E-state index contributed by atoms with van der Waals surface area (Å²) in [7, 11) is 5.13. The van der Waals surface area contributed by atoms with Gasteiger partial charge in [-0.15, -0.1) is 5.10 Å². The summed E-state index contributed by atoms with van der Waals surface area (Å²) in [6.07, 6.45) is -1.42. The molecular weight excluding hydrogens is 792 g/mol. The van der Waals surface area contributed by atoms with Crippen LogP contribution >= 0.6 is 0 Å². The van der Waals surface area contributed by atoms with E-state index in [1.54, 1.807) is 50.3 Å². The van der Waals surface area contributed by atoms with Crippen molar-refractivity contribution in [2.75, 3.05) is 33.5 Å². The van der Waals surface area contributed by atoms with Gasteiger partial charge in [-0.3, -0.25) is 14.3 Å². The van der Waals surface area contributed by atoms with Gasteiger partial charge >= 0.3 is 12.1 Å². The van der Waals surface area contributed by atoms with Gasteiger partial charge in [-0.2, -0.15) is 0 Å². The van der Waals surface area contributed by atoms with Gasteiger partial charge in [0.25, 0.3) is 5.67 Å². The van der Waals surface area contributed by atoms with Crippen LogP contribution in [0.25, 0.3) is 11.3 Å². The first-order chi connectivity index (χ1) is 28.5. The summed E-state index contributed by atoms with van der Waals surface area (Å²) in [5.74, 6) is -4.30. The summed E-state index contributed by atoms with van der Waals surface area (Å²) in [6, 6.07) is 6.47. The number of Topliss-reactive ketones (excluding diaryl/α,β-unsaturated/α-hetero) is 2. The topological polar surface area (TPSA) is 198 Å². The number of rotatable bonds is 22. The number of unbranched alkanes of at least 4 members (excludes halogenated alkanes) is 1. The Morgan fingerprint density at radius 2 is 1.82 bits per heavy atom. The van der Waals surface area contributed by atoms with Gasteiger partial charge in [0.05, 0.1) is 30.0 Å². The summed E-state index contributed by atoms with van der Waals surface area (Å²) in [6.45, 7) is 15.2. The molecular formula is C44H69FN6O10. The van der Waals surface area contributed by atoms with E-state index >= 15 is 4.39 Å². The smallest absolute Gasteiger partial charge is 0.410 e. The molecule has 2 saturated heterocycles. The minimum atomic E-state index is -3.16. The molecule has 1 amide bonds. The molecule has 0 bridgehead atoms. The number of alkyl halides is 1. The highest BCUT2D eigenvalue weighted by atomic mass is 19.1. The third-order valence-electron chi connectivity index (χ3n) is 12.8. The van der Waals surface area contributed by atoms with Crippen molar-refractivity contribution in [1.29, 1.82) is 0 Å². The van der Waals surface area contributed by atoms with Gasteiger partial charge in [-0.1, -0.05) is 38.1 Å². The Bertz CT molecular complexity index is 1830. The first-order valence-corrected chi connectivity index (χ1v) is 21.4. The van der Waals surface area contributed by atoms with Gasteiger partial charge in [0.2, 0.25) is 0 Å². The van der Waals surface area contributed by atoms with Gasteiger partial charge in [-0.05, 0) is 99.9 Å². The van der Waals surface area contributed by atoms with Crippen LogP contribution in [0.1, 0.15) is 101 Å². The average molecular weight is 861 g/mol. The number of nitrogens with two attached hydrogens (primary N) is 1. The largest absolute Gasteiger partial charge is 0.455 e. The lowest BCUT2D eigenvalue weighted by Gasteiger charge is -2.44. The van der Waals surface area contributed by atoms with Gasteiger partial charge in [0.1, 0.15) is 23.7 Å². The van der Waals surface area contributed by atoms with Crippen molar-refractivity contribution in [1.82, 2.24) is 24.8 Å². The summed E-state index contributed by atoms with van der Waals surface area (Å²) in [4.78, 5) is 57.0. The number of hydrogen-bond donors (Lipinski definition) is 2. The molecule has 0 saturated carbocycles. The van der Waals surface area contributed by atoms with E-state index in [-0.39, 0.29) is 37.2 Å². The standard InChI is InChI=1S/C44H69FN6O10/c1-13-36(44(9)30(6)51(41(56)61-44)20-15-14-19-50-25-33(47-48-50)31-17-16-18-32(46)22-31)60-40(55)43(8,45)38(54)28(4)35(24-42(7,57-12)23-26(2)29(5)52)59-39-37(53)34(49(10)11)21-27(3)58-39/h16-18,22,25-28,30,34-37,39,53H,13-15,19-21,23-24,46H2,1-12H3/t26-,27-,28?,30?,34+,35+,36-,37?,39-,42+,43+,44+/m1/s1. The van der Waals surface area contributed by atoms with Crippen LogP contribution in [0.4, 0.5) is 14.9 Å². The van der Waals surface area contributed by atoms with Gasteiger partial charge in [0, 0.05) is 55.7 Å². The number of hydrogen-bond acceptors (Lipinski definition) is 14. The molecule has 0 radical (unpaired) electrons. The van der Waals surface area contributed by atoms with Crippen LogP contribution in [-0.4, -0.2) is 141 Å². The first-order valence-electron chi connectivity index (χ1n) is 21.4. The molecule has 16 nitrogen and oxygen atoms in total. The highest BCUT2D eigenvalue weighted by molar-refractivity contribution is 6.07. The molecule has 1 aromatic heterocycles. The number of nitrogen functional groups attached to an aromatic ring is 1. The molecule has 342 valence electrons. The number of anilines is 1. The zero-order chi connectivity index (χ0) is 45.6. The van der Waals surface area contributed by atoms with E-state index in [1.165, 1.54) is 21.0 Å². The Balaban J connectivity index is 1.45. The number of carbonyl (C=O) groups excluding carboxylic acids is 4. The second kappa shape index (κ2) is 20.4. The molecule has 3 unspecified atom stereocenters. The molecule has 2 fully saturated rings. The number of ketones is 2. The number of methoxy groups -OCH3 is 1.